The van der Waals surface area contributed by atoms with E-state index >= 15 is 0 Å². The third-order valence-corrected chi connectivity index (χ3v) is 4.63. The molecule has 1 aromatic carbocycles. The maximum atomic E-state index is 12.9. The number of benzene rings is 1. The second-order valence-corrected chi connectivity index (χ2v) is 6.46. The van der Waals surface area contributed by atoms with Gasteiger partial charge in [-0.05, 0) is 49.7 Å². The highest BCUT2D eigenvalue weighted by molar-refractivity contribution is 9.10. The second-order valence-electron chi connectivity index (χ2n) is 5.54. The van der Waals surface area contributed by atoms with Gasteiger partial charge in [0.05, 0.1) is 0 Å². The van der Waals surface area contributed by atoms with E-state index in [1.807, 2.05) is 41.2 Å². The number of piperidine rings is 1. The molecule has 0 saturated carbocycles. The van der Waals surface area contributed by atoms with Crippen LogP contribution in [-0.4, -0.2) is 28.8 Å². The van der Waals surface area contributed by atoms with Gasteiger partial charge in [-0.15, -0.1) is 12.4 Å². The van der Waals surface area contributed by atoms with Crippen molar-refractivity contribution in [3.63, 3.8) is 0 Å². The molecule has 3 rings (SSSR count). The van der Waals surface area contributed by atoms with Crippen molar-refractivity contribution in [2.75, 3.05) is 13.1 Å². The molecule has 7 heteroatoms. The summed E-state index contributed by atoms with van der Waals surface area (Å²) >= 11 is 3.45. The molecule has 2 aromatic rings. The Labute approximate surface area is 150 Å². The van der Waals surface area contributed by atoms with E-state index in [4.69, 9.17) is 0 Å². The van der Waals surface area contributed by atoms with Crippen molar-refractivity contribution in [3.8, 4) is 0 Å². The molecule has 0 radical (unpaired) electrons. The number of aromatic nitrogens is 2. The Morgan fingerprint density at radius 2 is 2.13 bits per heavy atom. The maximum absolute atomic E-state index is 12.9. The van der Waals surface area contributed by atoms with Crippen LogP contribution in [0.4, 0.5) is 0 Å². The molecule has 23 heavy (non-hydrogen) atoms. The average Bonchev–Trinajstić information content (AvgIpc) is 3.08. The van der Waals surface area contributed by atoms with Gasteiger partial charge in [-0.2, -0.15) is 5.10 Å². The number of hydrogen-bond donors (Lipinski definition) is 2. The van der Waals surface area contributed by atoms with Gasteiger partial charge in [0.15, 0.2) is 0 Å². The molecule has 0 spiro atoms. The van der Waals surface area contributed by atoms with Gasteiger partial charge in [-0.25, -0.2) is 0 Å². The quantitative estimate of drug-likeness (QED) is 0.830. The average molecular weight is 400 g/mol. The lowest BCUT2D eigenvalue weighted by Crippen LogP contribution is -2.54. The van der Waals surface area contributed by atoms with E-state index in [2.05, 4.69) is 31.7 Å². The van der Waals surface area contributed by atoms with E-state index < -0.39 is 5.54 Å². The Kier molecular flexibility index (Phi) is 6.21. The number of amides is 1. The van der Waals surface area contributed by atoms with E-state index in [-0.39, 0.29) is 18.3 Å². The van der Waals surface area contributed by atoms with Crippen LogP contribution < -0.4 is 10.6 Å². The normalized spacial score (nSPS) is 16.4. The Morgan fingerprint density at radius 1 is 1.35 bits per heavy atom. The van der Waals surface area contributed by atoms with E-state index in [1.54, 1.807) is 6.20 Å². The van der Waals surface area contributed by atoms with Gasteiger partial charge >= 0.3 is 0 Å². The van der Waals surface area contributed by atoms with Crippen LogP contribution in [0.2, 0.25) is 0 Å². The fourth-order valence-corrected chi connectivity index (χ4v) is 3.36. The molecule has 1 amide bonds. The summed E-state index contributed by atoms with van der Waals surface area (Å²) in [6.07, 6.45) is 5.10. The molecule has 1 saturated heterocycles. The molecule has 2 heterocycles. The first-order valence-electron chi connectivity index (χ1n) is 7.44. The SMILES string of the molecule is Cl.O=C(NCc1cccc(Br)c1)C1(n2cccn2)CCNCC1. The maximum Gasteiger partial charge on any atom is 0.248 e. The molecule has 0 unspecified atom stereocenters. The zero-order valence-electron chi connectivity index (χ0n) is 12.7. The highest BCUT2D eigenvalue weighted by Crippen LogP contribution is 2.27. The van der Waals surface area contributed by atoms with Crippen LogP contribution in [0.5, 0.6) is 0 Å². The first-order valence-corrected chi connectivity index (χ1v) is 8.24. The summed E-state index contributed by atoms with van der Waals surface area (Å²) in [5.74, 6) is 0.0395. The van der Waals surface area contributed by atoms with Crippen LogP contribution >= 0.6 is 28.3 Å². The van der Waals surface area contributed by atoms with Gasteiger partial charge in [0.1, 0.15) is 5.54 Å². The van der Waals surface area contributed by atoms with Crippen molar-refractivity contribution < 1.29 is 4.79 Å². The minimum Gasteiger partial charge on any atom is -0.350 e. The summed E-state index contributed by atoms with van der Waals surface area (Å²) < 4.78 is 2.83. The highest BCUT2D eigenvalue weighted by atomic mass is 79.9. The van der Waals surface area contributed by atoms with Crippen molar-refractivity contribution >= 4 is 34.2 Å². The summed E-state index contributed by atoms with van der Waals surface area (Å²) in [6, 6.07) is 9.84. The molecule has 0 aliphatic carbocycles. The highest BCUT2D eigenvalue weighted by Gasteiger charge is 2.41. The molecular formula is C16H20BrClN4O. The predicted molar refractivity (Wildman–Crippen MR) is 95.5 cm³/mol. The van der Waals surface area contributed by atoms with Crippen molar-refractivity contribution in [3.05, 3.63) is 52.8 Å². The van der Waals surface area contributed by atoms with Gasteiger partial charge < -0.3 is 10.6 Å². The Morgan fingerprint density at radius 3 is 2.78 bits per heavy atom. The number of carbonyl (C=O) groups excluding carboxylic acids is 1. The molecule has 1 fully saturated rings. The monoisotopic (exact) mass is 398 g/mol. The summed E-state index contributed by atoms with van der Waals surface area (Å²) in [6.45, 7) is 2.17. The lowest BCUT2D eigenvalue weighted by atomic mass is 9.87. The molecule has 0 atom stereocenters. The molecule has 124 valence electrons. The number of nitrogens with one attached hydrogen (secondary N) is 2. The molecule has 0 bridgehead atoms. The van der Waals surface area contributed by atoms with Crippen molar-refractivity contribution in [1.82, 2.24) is 20.4 Å². The van der Waals surface area contributed by atoms with Crippen molar-refractivity contribution in [2.45, 2.75) is 24.9 Å². The zero-order chi connectivity index (χ0) is 15.4. The summed E-state index contributed by atoms with van der Waals surface area (Å²) in [4.78, 5) is 12.9. The van der Waals surface area contributed by atoms with Crippen LogP contribution in [0, 0.1) is 0 Å². The topological polar surface area (TPSA) is 59.0 Å². The van der Waals surface area contributed by atoms with Gasteiger partial charge in [-0.3, -0.25) is 9.48 Å². The van der Waals surface area contributed by atoms with E-state index in [0.29, 0.717) is 6.54 Å². The lowest BCUT2D eigenvalue weighted by molar-refractivity contribution is -0.132. The van der Waals surface area contributed by atoms with Crippen LogP contribution in [0.3, 0.4) is 0 Å². The van der Waals surface area contributed by atoms with Crippen LogP contribution in [0.25, 0.3) is 0 Å². The third-order valence-electron chi connectivity index (χ3n) is 4.14. The molecule has 1 aromatic heterocycles. The third kappa shape index (κ3) is 3.94. The minimum absolute atomic E-state index is 0. The van der Waals surface area contributed by atoms with Crippen molar-refractivity contribution in [1.29, 1.82) is 0 Å². The summed E-state index contributed by atoms with van der Waals surface area (Å²) in [5, 5.41) is 10.7. The minimum atomic E-state index is -0.583. The largest absolute Gasteiger partial charge is 0.350 e. The number of halogens is 2. The zero-order valence-corrected chi connectivity index (χ0v) is 15.1. The molecule has 1 aliphatic heterocycles. The van der Waals surface area contributed by atoms with E-state index in [1.165, 1.54) is 0 Å². The van der Waals surface area contributed by atoms with Crippen LogP contribution in [0.15, 0.2) is 47.2 Å². The predicted octanol–water partition coefficient (Wildman–Crippen LogP) is 2.46. The van der Waals surface area contributed by atoms with Gasteiger partial charge in [0.2, 0.25) is 5.91 Å². The number of rotatable bonds is 4. The van der Waals surface area contributed by atoms with E-state index in [0.717, 1.165) is 36.0 Å². The second kappa shape index (κ2) is 7.95. The van der Waals surface area contributed by atoms with Crippen LogP contribution in [0.1, 0.15) is 18.4 Å². The molecule has 5 nitrogen and oxygen atoms in total. The molecule has 2 N–H and O–H groups in total. The summed E-state index contributed by atoms with van der Waals surface area (Å²) in [7, 11) is 0. The smallest absolute Gasteiger partial charge is 0.248 e. The number of nitrogens with zero attached hydrogens (tertiary/aromatic N) is 2. The molecular weight excluding hydrogens is 380 g/mol. The van der Waals surface area contributed by atoms with Gasteiger partial charge in [0.25, 0.3) is 0 Å². The Hall–Kier alpha value is -1.37. The molecule has 1 aliphatic rings. The summed E-state index contributed by atoms with van der Waals surface area (Å²) in [5.41, 5.74) is 0.494. The lowest BCUT2D eigenvalue weighted by Gasteiger charge is -2.36. The standard InChI is InChI=1S/C16H19BrN4O.ClH/c17-14-4-1-3-13(11-14)12-19-15(22)16(5-8-18-9-6-16)21-10-2-7-20-21;/h1-4,7,10-11,18H,5-6,8-9,12H2,(H,19,22);1H. The van der Waals surface area contributed by atoms with Crippen LogP contribution in [-0.2, 0) is 16.9 Å². The van der Waals surface area contributed by atoms with E-state index in [9.17, 15) is 4.79 Å². The first kappa shape index (κ1) is 18.0. The Bertz CT molecular complexity index is 641. The number of carbonyl (C=O) groups is 1. The fourth-order valence-electron chi connectivity index (χ4n) is 2.92. The number of hydrogen-bond acceptors (Lipinski definition) is 3. The van der Waals surface area contributed by atoms with Gasteiger partial charge in [-0.1, -0.05) is 28.1 Å². The van der Waals surface area contributed by atoms with Crippen molar-refractivity contribution in [2.24, 2.45) is 0 Å². The van der Waals surface area contributed by atoms with Gasteiger partial charge in [0, 0.05) is 23.4 Å². The fraction of sp³-hybridized carbons (Fsp3) is 0.375. The first-order chi connectivity index (χ1) is 10.7. The Balaban J connectivity index is 0.00000192.